The van der Waals surface area contributed by atoms with Gasteiger partial charge in [0.1, 0.15) is 0 Å². The van der Waals surface area contributed by atoms with Gasteiger partial charge < -0.3 is 5.11 Å². The van der Waals surface area contributed by atoms with E-state index in [0.717, 1.165) is 0 Å². The topological polar surface area (TPSA) is 23.1 Å². The predicted molar refractivity (Wildman–Crippen MR) is 20.8 cm³/mol. The van der Waals surface area contributed by atoms with E-state index in [1.807, 2.05) is 0 Å². The van der Waals surface area contributed by atoms with Gasteiger partial charge in [-0.25, -0.2) is 13.2 Å². The van der Waals surface area contributed by atoms with Crippen LogP contribution < -0.4 is 56.5 Å². The van der Waals surface area contributed by atoms with Gasteiger partial charge in [0, 0.05) is 0 Å². The summed E-state index contributed by atoms with van der Waals surface area (Å²) >= 11 is 0. The zero-order valence-corrected chi connectivity index (χ0v) is 9.38. The zero-order chi connectivity index (χ0) is 10.2. The number of rotatable bonds is 3. The van der Waals surface area contributed by atoms with Gasteiger partial charge in [0.15, 0.2) is 6.67 Å². The molecule has 0 fully saturated rings. The molecular formula is C4H2F7KO. The summed E-state index contributed by atoms with van der Waals surface area (Å²) in [7, 11) is 0. The summed E-state index contributed by atoms with van der Waals surface area (Å²) < 4.78 is 80.1. The number of halogens is 7. The molecule has 0 amide bonds. The fourth-order valence-corrected chi connectivity index (χ4v) is 0.297. The van der Waals surface area contributed by atoms with Crippen molar-refractivity contribution in [2.24, 2.45) is 0 Å². The fourth-order valence-electron chi connectivity index (χ4n) is 0.297. The van der Waals surface area contributed by atoms with Gasteiger partial charge >= 0.3 is 63.2 Å². The van der Waals surface area contributed by atoms with Crippen LogP contribution in [0.5, 0.6) is 0 Å². The van der Waals surface area contributed by atoms with Crippen LogP contribution in [0.3, 0.4) is 0 Å². The van der Waals surface area contributed by atoms with E-state index in [0.29, 0.717) is 0 Å². The molecule has 0 aromatic heterocycles. The minimum atomic E-state index is -6.21. The van der Waals surface area contributed by atoms with Crippen LogP contribution in [-0.4, -0.2) is 24.6 Å². The molecule has 0 aliphatic heterocycles. The van der Waals surface area contributed by atoms with Crippen LogP contribution in [0.1, 0.15) is 0 Å². The summed E-state index contributed by atoms with van der Waals surface area (Å²) in [6.07, 6.45) is -6.19. The van der Waals surface area contributed by atoms with Crippen molar-refractivity contribution in [2.45, 2.75) is 18.0 Å². The van der Waals surface area contributed by atoms with E-state index < -0.39 is 24.6 Å². The van der Waals surface area contributed by atoms with E-state index in [-0.39, 0.29) is 51.4 Å². The van der Waals surface area contributed by atoms with Crippen LogP contribution in [0.15, 0.2) is 0 Å². The van der Waals surface area contributed by atoms with Crippen molar-refractivity contribution in [2.75, 3.05) is 6.67 Å². The summed E-state index contributed by atoms with van der Waals surface area (Å²) in [5.41, 5.74) is 0. The molecule has 0 aliphatic carbocycles. The third-order valence-corrected chi connectivity index (χ3v) is 0.993. The first-order valence-electron chi connectivity index (χ1n) is 2.46. The average molecular weight is 238 g/mol. The van der Waals surface area contributed by atoms with Gasteiger partial charge in [-0.1, -0.05) is 0 Å². The molecule has 0 aliphatic rings. The maximum atomic E-state index is 11.7. The molecule has 0 saturated heterocycles. The Morgan fingerprint density at radius 1 is 0.923 bits per heavy atom. The minimum Gasteiger partial charge on any atom is -0.793 e. The van der Waals surface area contributed by atoms with Gasteiger partial charge in [0.05, 0.1) is 0 Å². The second-order valence-corrected chi connectivity index (χ2v) is 1.93. The van der Waals surface area contributed by atoms with Crippen LogP contribution in [-0.2, 0) is 0 Å². The van der Waals surface area contributed by atoms with Crippen LogP contribution in [0.2, 0.25) is 0 Å². The van der Waals surface area contributed by atoms with Gasteiger partial charge in [-0.3, -0.25) is 0 Å². The van der Waals surface area contributed by atoms with Crippen molar-refractivity contribution in [3.8, 4) is 0 Å². The quantitative estimate of drug-likeness (QED) is 0.419. The first-order valence-corrected chi connectivity index (χ1v) is 2.46. The molecule has 0 rings (SSSR count). The Morgan fingerprint density at radius 2 is 1.23 bits per heavy atom. The van der Waals surface area contributed by atoms with Crippen LogP contribution in [0.25, 0.3) is 0 Å². The Hall–Kier alpha value is 1.11. The second-order valence-electron chi connectivity index (χ2n) is 1.93. The molecule has 0 aromatic rings. The summed E-state index contributed by atoms with van der Waals surface area (Å²) in [6, 6.07) is 0. The van der Waals surface area contributed by atoms with Gasteiger partial charge in [-0.05, 0) is 0 Å². The van der Waals surface area contributed by atoms with E-state index >= 15 is 0 Å². The Balaban J connectivity index is 0. The molecule has 0 aromatic carbocycles. The summed E-state index contributed by atoms with van der Waals surface area (Å²) in [6.45, 7) is -3.02. The molecule has 0 bridgehead atoms. The zero-order valence-electron chi connectivity index (χ0n) is 6.26. The van der Waals surface area contributed by atoms with Crippen LogP contribution >= 0.6 is 0 Å². The van der Waals surface area contributed by atoms with Crippen molar-refractivity contribution in [1.82, 2.24) is 0 Å². The molecule has 1 nitrogen and oxygen atoms in total. The summed E-state index contributed by atoms with van der Waals surface area (Å²) in [5, 5.41) is 9.20. The maximum Gasteiger partial charge on any atom is 1.00 e. The molecule has 0 N–H and O–H groups in total. The van der Waals surface area contributed by atoms with Crippen LogP contribution in [0.4, 0.5) is 30.7 Å². The number of hydrogen-bond donors (Lipinski definition) is 0. The van der Waals surface area contributed by atoms with Gasteiger partial charge in [0.2, 0.25) is 0 Å². The van der Waals surface area contributed by atoms with Crippen molar-refractivity contribution in [3.63, 3.8) is 0 Å². The normalized spacial score (nSPS) is 13.8. The van der Waals surface area contributed by atoms with Crippen molar-refractivity contribution < 1.29 is 87.2 Å². The van der Waals surface area contributed by atoms with Gasteiger partial charge in [-0.2, -0.15) is 17.6 Å². The standard InChI is InChI=1S/C4H2F7O.K/c5-1-2(6,7)3(8,9)4(10,11)12;/h1H2;/q-1;+1. The minimum absolute atomic E-state index is 0. The monoisotopic (exact) mass is 238 g/mol. The Labute approximate surface area is 111 Å². The summed E-state index contributed by atoms with van der Waals surface area (Å²) in [4.78, 5) is 0. The first-order chi connectivity index (χ1) is 5.06. The molecule has 0 heterocycles. The molecule has 0 saturated carbocycles. The SMILES string of the molecule is [K+].[O-]C(F)(F)C(F)(F)C(F)(F)CF. The first kappa shape index (κ1) is 16.5. The van der Waals surface area contributed by atoms with Crippen molar-refractivity contribution in [1.29, 1.82) is 0 Å². The third-order valence-electron chi connectivity index (χ3n) is 0.993. The van der Waals surface area contributed by atoms with E-state index in [4.69, 9.17) is 0 Å². The Kier molecular flexibility index (Phi) is 6.04. The van der Waals surface area contributed by atoms with Crippen molar-refractivity contribution >= 4 is 0 Å². The predicted octanol–water partition coefficient (Wildman–Crippen LogP) is -1.82. The Morgan fingerprint density at radius 3 is 1.31 bits per heavy atom. The molecule has 0 spiro atoms. The van der Waals surface area contributed by atoms with E-state index in [1.165, 1.54) is 0 Å². The fraction of sp³-hybridized carbons (Fsp3) is 1.00. The molecule has 0 atom stereocenters. The average Bonchev–Trinajstić information content (AvgIpc) is 1.85. The van der Waals surface area contributed by atoms with Gasteiger partial charge in [0.25, 0.3) is 6.11 Å². The van der Waals surface area contributed by atoms with E-state index in [9.17, 15) is 35.8 Å². The van der Waals surface area contributed by atoms with E-state index in [2.05, 4.69) is 0 Å². The summed E-state index contributed by atoms with van der Waals surface area (Å²) in [5.74, 6) is -11.9. The molecule has 13 heavy (non-hydrogen) atoms. The van der Waals surface area contributed by atoms with E-state index in [1.54, 1.807) is 0 Å². The largest absolute Gasteiger partial charge is 1.00 e. The number of alkyl halides is 7. The second kappa shape index (κ2) is 4.75. The van der Waals surface area contributed by atoms with Crippen molar-refractivity contribution in [3.05, 3.63) is 0 Å². The smallest absolute Gasteiger partial charge is 0.793 e. The maximum absolute atomic E-state index is 11.7. The molecule has 74 valence electrons. The van der Waals surface area contributed by atoms with Crippen LogP contribution in [0, 0.1) is 0 Å². The third kappa shape index (κ3) is 3.31. The molecule has 0 radical (unpaired) electrons. The number of hydrogen-bond acceptors (Lipinski definition) is 1. The Bertz CT molecular complexity index is 164. The molecule has 0 unspecified atom stereocenters. The molecule has 9 heteroatoms. The van der Waals surface area contributed by atoms with Gasteiger partial charge in [-0.15, -0.1) is 0 Å². The molecular weight excluding hydrogens is 236 g/mol.